The SMILES string of the molecule is O.O.O=S([O-])([O-])=S.O=S([O-])([O-])=S.[Au+3].[Na+]. The summed E-state index contributed by atoms with van der Waals surface area (Å²) in [6.07, 6.45) is 0. The van der Waals surface area contributed by atoms with E-state index < -0.39 is 18.1 Å². The summed E-state index contributed by atoms with van der Waals surface area (Å²) in [6, 6.07) is 0. The average molecular weight is 480 g/mol. The Bertz CT molecular complexity index is 218. The number of hydrogen-bond acceptors (Lipinski definition) is 8. The van der Waals surface area contributed by atoms with E-state index in [0.717, 1.165) is 0 Å². The zero-order chi connectivity index (χ0) is 9.00. The fraction of sp³-hybridized carbons (Fsp3) is 0. The van der Waals surface area contributed by atoms with Crippen molar-refractivity contribution < 1.29 is 89.5 Å². The van der Waals surface area contributed by atoms with E-state index in [-0.39, 0.29) is 62.9 Å². The molecule has 0 aromatic heterocycles. The largest absolute Gasteiger partial charge is 3.00 e. The van der Waals surface area contributed by atoms with Crippen LogP contribution in [0.15, 0.2) is 0 Å². The first-order chi connectivity index (χ1) is 4.00. The molecule has 0 aromatic carbocycles. The topological polar surface area (TPSA) is 189 Å². The molecule has 0 aliphatic rings. The smallest absolute Gasteiger partial charge is 0.780 e. The molecule has 0 saturated carbocycles. The number of hydrogen-bond donors (Lipinski definition) is 0. The maximum Gasteiger partial charge on any atom is 3.00 e. The van der Waals surface area contributed by atoms with Crippen molar-refractivity contribution in [1.82, 2.24) is 0 Å². The van der Waals surface area contributed by atoms with E-state index in [1.165, 1.54) is 0 Å². The van der Waals surface area contributed by atoms with E-state index >= 15 is 0 Å². The predicted octanol–water partition coefficient (Wildman–Crippen LogP) is -6.66. The van der Waals surface area contributed by atoms with Gasteiger partial charge in [-0.1, -0.05) is 0 Å². The first-order valence-corrected chi connectivity index (χ1v) is 6.00. The van der Waals surface area contributed by atoms with Crippen molar-refractivity contribution in [2.24, 2.45) is 0 Å². The Morgan fingerprint density at radius 2 is 0.786 bits per heavy atom. The molecule has 8 nitrogen and oxygen atoms in total. The van der Waals surface area contributed by atoms with Gasteiger partial charge >= 0.3 is 51.9 Å². The summed E-state index contributed by atoms with van der Waals surface area (Å²) < 4.78 is 53.3. The summed E-state index contributed by atoms with van der Waals surface area (Å²) in [6.45, 7) is 0. The Morgan fingerprint density at radius 1 is 0.786 bits per heavy atom. The van der Waals surface area contributed by atoms with Crippen LogP contribution in [0, 0.1) is 0 Å². The van der Waals surface area contributed by atoms with Crippen LogP contribution in [0.2, 0.25) is 0 Å². The molecule has 0 bridgehead atoms. The maximum absolute atomic E-state index is 8.89. The molecule has 0 amide bonds. The van der Waals surface area contributed by atoms with Crippen molar-refractivity contribution in [2.75, 3.05) is 0 Å². The Kier molecular flexibility index (Phi) is 39.2. The van der Waals surface area contributed by atoms with Gasteiger partial charge in [-0.3, -0.25) is 8.42 Å². The van der Waals surface area contributed by atoms with Crippen LogP contribution in [0.25, 0.3) is 0 Å². The normalized spacial score (nSPS) is 8.29. The molecule has 0 atom stereocenters. The van der Waals surface area contributed by atoms with Gasteiger partial charge in [0.15, 0.2) is 0 Å². The molecule has 4 N–H and O–H groups in total. The van der Waals surface area contributed by atoms with Crippen LogP contribution in [0.1, 0.15) is 0 Å². The molecule has 14 heteroatoms. The van der Waals surface area contributed by atoms with Gasteiger partial charge in [0.25, 0.3) is 0 Å². The molecule has 0 spiro atoms. The van der Waals surface area contributed by atoms with Crippen LogP contribution in [0.3, 0.4) is 0 Å². The van der Waals surface area contributed by atoms with Crippen molar-refractivity contribution in [3.63, 3.8) is 0 Å². The van der Waals surface area contributed by atoms with Gasteiger partial charge in [0.2, 0.25) is 0 Å². The third-order valence-electron chi connectivity index (χ3n) is 0. The summed E-state index contributed by atoms with van der Waals surface area (Å²) in [7, 11) is -8.67. The summed E-state index contributed by atoms with van der Waals surface area (Å²) in [5.41, 5.74) is 0. The fourth-order valence-corrected chi connectivity index (χ4v) is 0. The van der Waals surface area contributed by atoms with Gasteiger partial charge < -0.3 is 29.2 Å². The molecule has 0 fully saturated rings. The summed E-state index contributed by atoms with van der Waals surface area (Å²) >= 11 is 6.49. The second-order valence-electron chi connectivity index (χ2n) is 0.816. The standard InChI is InChI=1S/Au.Na.2H2O3S2.2H2O/c;;2*1-5(2,3)4;;/h;;2*(H2,1,2,3,4);2*1H2/q+3;+1;;;;/p-4. The van der Waals surface area contributed by atoms with Crippen molar-refractivity contribution in [3.05, 3.63) is 0 Å². The Hall–Kier alpha value is 2.24. The first kappa shape index (κ1) is 36.0. The molecule has 0 aliphatic heterocycles. The van der Waals surface area contributed by atoms with Crippen LogP contribution in [0.5, 0.6) is 0 Å². The second kappa shape index (κ2) is 15.2. The van der Waals surface area contributed by atoms with Crippen LogP contribution >= 0.6 is 0 Å². The van der Waals surface area contributed by atoms with E-state index in [0.29, 0.717) is 0 Å². The van der Waals surface area contributed by atoms with Crippen LogP contribution < -0.4 is 29.6 Å². The first-order valence-electron chi connectivity index (χ1n) is 1.33. The molecular weight excluding hydrogens is 476 g/mol. The molecule has 0 rings (SSSR count). The molecule has 14 heavy (non-hydrogen) atoms. The molecule has 0 radical (unpaired) electrons. The van der Waals surface area contributed by atoms with Crippen LogP contribution in [0.4, 0.5) is 0 Å². The van der Waals surface area contributed by atoms with Gasteiger partial charge in [0.05, 0.1) is 0 Å². The molecule has 88 valence electrons. The predicted molar refractivity (Wildman–Crippen MR) is 41.4 cm³/mol. The summed E-state index contributed by atoms with van der Waals surface area (Å²) in [4.78, 5) is 0. The maximum atomic E-state index is 8.89. The van der Waals surface area contributed by atoms with Crippen molar-refractivity contribution >= 4 is 40.5 Å². The van der Waals surface area contributed by atoms with Crippen LogP contribution in [-0.2, 0) is 62.9 Å². The molecular formula is H4AuNaO8S4. The zero-order valence-electron chi connectivity index (χ0n) is 6.38. The zero-order valence-corrected chi connectivity index (χ0v) is 13.8. The molecule has 0 unspecified atom stereocenters. The van der Waals surface area contributed by atoms with Crippen molar-refractivity contribution in [3.8, 4) is 0 Å². The molecule has 0 saturated heterocycles. The van der Waals surface area contributed by atoms with Gasteiger partial charge in [-0.05, 0) is 22.4 Å². The third kappa shape index (κ3) is 497. The Labute approximate surface area is 128 Å². The monoisotopic (exact) mass is 480 g/mol. The molecule has 0 aliphatic carbocycles. The van der Waals surface area contributed by atoms with E-state index in [1.807, 2.05) is 0 Å². The van der Waals surface area contributed by atoms with Crippen LogP contribution in [-0.4, -0.2) is 37.6 Å². The van der Waals surface area contributed by atoms with Gasteiger partial charge in [-0.15, -0.1) is 18.1 Å². The van der Waals surface area contributed by atoms with Crippen molar-refractivity contribution in [2.45, 2.75) is 0 Å². The fourth-order valence-electron chi connectivity index (χ4n) is 0. The van der Waals surface area contributed by atoms with Gasteiger partial charge in [-0.2, -0.15) is 0 Å². The Balaban J connectivity index is -0.0000000178. The van der Waals surface area contributed by atoms with E-state index in [9.17, 15) is 0 Å². The minimum absolute atomic E-state index is 0. The average Bonchev–Trinajstić information content (AvgIpc) is 1.12. The minimum Gasteiger partial charge on any atom is -0.780 e. The number of rotatable bonds is 0. The summed E-state index contributed by atoms with van der Waals surface area (Å²) in [5, 5.41) is 0. The van der Waals surface area contributed by atoms with E-state index in [1.54, 1.807) is 0 Å². The minimum atomic E-state index is -4.33. The second-order valence-corrected chi connectivity index (χ2v) is 4.90. The quantitative estimate of drug-likeness (QED) is 0.306. The van der Waals surface area contributed by atoms with Gasteiger partial charge in [-0.25, -0.2) is 0 Å². The molecule has 0 aromatic rings. The van der Waals surface area contributed by atoms with E-state index in [4.69, 9.17) is 26.6 Å². The van der Waals surface area contributed by atoms with E-state index in [2.05, 4.69) is 22.4 Å². The van der Waals surface area contributed by atoms with Crippen molar-refractivity contribution in [1.29, 1.82) is 0 Å². The summed E-state index contributed by atoms with van der Waals surface area (Å²) in [5.74, 6) is 0. The Morgan fingerprint density at radius 3 is 0.786 bits per heavy atom. The molecule has 0 heterocycles. The third-order valence-corrected chi connectivity index (χ3v) is 0. The van der Waals surface area contributed by atoms with Gasteiger partial charge in [0, 0.05) is 0 Å². The van der Waals surface area contributed by atoms with Gasteiger partial charge in [0.1, 0.15) is 0 Å².